The molecule has 0 radical (unpaired) electrons. The van der Waals surface area contributed by atoms with Crippen LogP contribution >= 0.6 is 0 Å². The van der Waals surface area contributed by atoms with E-state index >= 15 is 0 Å². The predicted octanol–water partition coefficient (Wildman–Crippen LogP) is 11.6. The molecule has 0 saturated heterocycles. The Morgan fingerprint density at radius 1 is 0.250 bits per heavy atom. The summed E-state index contributed by atoms with van der Waals surface area (Å²) in [5.74, 6) is 0. The summed E-state index contributed by atoms with van der Waals surface area (Å²) >= 11 is 0. The molecule has 44 heavy (non-hydrogen) atoms. The highest BCUT2D eigenvalue weighted by Gasteiger charge is 2.09. The smallest absolute Gasteiger partial charge is 0.0992 e. The molecule has 0 atom stereocenters. The first-order chi connectivity index (χ1) is 21.7. The lowest BCUT2D eigenvalue weighted by Gasteiger charge is -2.11. The van der Waals surface area contributed by atoms with E-state index in [2.05, 4.69) is 158 Å². The van der Waals surface area contributed by atoms with Gasteiger partial charge in [-0.1, -0.05) is 146 Å². The molecule has 0 spiro atoms. The van der Waals surface area contributed by atoms with E-state index in [4.69, 9.17) is 0 Å². The van der Waals surface area contributed by atoms with Crippen molar-refractivity contribution in [1.29, 1.82) is 5.26 Å². The Labute approximate surface area is 259 Å². The lowest BCUT2D eigenvalue weighted by Crippen LogP contribution is -1.87. The fraction of sp³-hybridized carbons (Fsp3) is 0. The van der Waals surface area contributed by atoms with E-state index < -0.39 is 0 Å². The van der Waals surface area contributed by atoms with Crippen molar-refractivity contribution in [3.8, 4) is 72.8 Å². The van der Waals surface area contributed by atoms with Gasteiger partial charge in [0.25, 0.3) is 0 Å². The predicted molar refractivity (Wildman–Crippen MR) is 184 cm³/mol. The van der Waals surface area contributed by atoms with Crippen LogP contribution in [0.25, 0.3) is 66.8 Å². The SMILES string of the molecule is N#Cc1cc(-c2ccc(-c3ccc(-c4cccc(-c5ccccc5)c4)cc3)cc2)cc(-c2cccc(-c3ccccc3)c2)c1. The standard InChI is InChI=1S/C43H29N/c44-30-31-25-42(29-43(26-31)41-16-8-14-39(28-41)33-11-5-2-6-12-33)37-23-19-35(20-24-37)34-17-21-36(22-18-34)40-15-7-13-38(27-40)32-9-3-1-4-10-32/h1-29H. The molecular formula is C43H29N. The van der Waals surface area contributed by atoms with Gasteiger partial charge in [0, 0.05) is 0 Å². The van der Waals surface area contributed by atoms with E-state index in [1.165, 1.54) is 33.4 Å². The second-order valence-corrected chi connectivity index (χ2v) is 11.0. The van der Waals surface area contributed by atoms with Gasteiger partial charge in [-0.25, -0.2) is 0 Å². The van der Waals surface area contributed by atoms with Crippen molar-refractivity contribution in [2.75, 3.05) is 0 Å². The molecule has 0 bridgehead atoms. The summed E-state index contributed by atoms with van der Waals surface area (Å²) in [6.45, 7) is 0. The van der Waals surface area contributed by atoms with Crippen LogP contribution in [0.2, 0.25) is 0 Å². The first-order valence-corrected chi connectivity index (χ1v) is 14.8. The van der Waals surface area contributed by atoms with Crippen LogP contribution in [0.3, 0.4) is 0 Å². The fourth-order valence-electron chi connectivity index (χ4n) is 5.75. The highest BCUT2D eigenvalue weighted by atomic mass is 14.2. The van der Waals surface area contributed by atoms with Crippen molar-refractivity contribution in [2.24, 2.45) is 0 Å². The average molecular weight is 560 g/mol. The number of rotatable bonds is 6. The first-order valence-electron chi connectivity index (χ1n) is 14.8. The molecule has 0 fully saturated rings. The van der Waals surface area contributed by atoms with Crippen molar-refractivity contribution >= 4 is 0 Å². The Morgan fingerprint density at radius 2 is 0.523 bits per heavy atom. The van der Waals surface area contributed by atoms with Crippen LogP contribution in [0.5, 0.6) is 0 Å². The van der Waals surface area contributed by atoms with Crippen LogP contribution in [0.1, 0.15) is 5.56 Å². The molecule has 0 aromatic heterocycles. The van der Waals surface area contributed by atoms with Gasteiger partial charge >= 0.3 is 0 Å². The maximum absolute atomic E-state index is 9.83. The van der Waals surface area contributed by atoms with Crippen molar-refractivity contribution < 1.29 is 0 Å². The van der Waals surface area contributed by atoms with Crippen molar-refractivity contribution in [3.05, 3.63) is 181 Å². The van der Waals surface area contributed by atoms with Gasteiger partial charge in [0.2, 0.25) is 0 Å². The highest BCUT2D eigenvalue weighted by molar-refractivity contribution is 5.80. The molecule has 206 valence electrons. The monoisotopic (exact) mass is 559 g/mol. The molecule has 0 saturated carbocycles. The van der Waals surface area contributed by atoms with E-state index in [1.807, 2.05) is 24.3 Å². The Hall–Kier alpha value is -5.97. The van der Waals surface area contributed by atoms with Crippen LogP contribution in [-0.4, -0.2) is 0 Å². The van der Waals surface area contributed by atoms with Gasteiger partial charge in [-0.3, -0.25) is 0 Å². The maximum atomic E-state index is 9.83. The first kappa shape index (κ1) is 26.9. The van der Waals surface area contributed by atoms with Gasteiger partial charge in [-0.2, -0.15) is 5.26 Å². The van der Waals surface area contributed by atoms with Gasteiger partial charge in [0.1, 0.15) is 0 Å². The summed E-state index contributed by atoms with van der Waals surface area (Å²) in [5, 5.41) is 9.83. The number of hydrogen-bond donors (Lipinski definition) is 0. The summed E-state index contributed by atoms with van der Waals surface area (Å²) in [7, 11) is 0. The third kappa shape index (κ3) is 5.71. The average Bonchev–Trinajstić information content (AvgIpc) is 3.12. The zero-order chi connectivity index (χ0) is 29.7. The van der Waals surface area contributed by atoms with Gasteiger partial charge < -0.3 is 0 Å². The number of nitrogens with zero attached hydrogens (tertiary/aromatic N) is 1. The second-order valence-electron chi connectivity index (χ2n) is 11.0. The number of benzene rings is 7. The Morgan fingerprint density at radius 3 is 0.932 bits per heavy atom. The van der Waals surface area contributed by atoms with Crippen molar-refractivity contribution in [1.82, 2.24) is 0 Å². The van der Waals surface area contributed by atoms with E-state index in [0.29, 0.717) is 5.56 Å². The lowest BCUT2D eigenvalue weighted by molar-refractivity contribution is 1.48. The third-order valence-electron chi connectivity index (χ3n) is 8.10. The summed E-state index contributed by atoms with van der Waals surface area (Å²) in [6, 6.07) is 63.9. The largest absolute Gasteiger partial charge is 0.192 e. The molecular weight excluding hydrogens is 530 g/mol. The molecule has 1 heteroatoms. The maximum Gasteiger partial charge on any atom is 0.0992 e. The highest BCUT2D eigenvalue weighted by Crippen LogP contribution is 2.33. The van der Waals surface area contributed by atoms with Crippen molar-refractivity contribution in [2.45, 2.75) is 0 Å². The quantitative estimate of drug-likeness (QED) is 0.199. The molecule has 0 aliphatic heterocycles. The normalized spacial score (nSPS) is 10.7. The van der Waals surface area contributed by atoms with E-state index in [9.17, 15) is 5.26 Å². The van der Waals surface area contributed by atoms with E-state index in [0.717, 1.165) is 33.4 Å². The molecule has 0 unspecified atom stereocenters. The third-order valence-corrected chi connectivity index (χ3v) is 8.10. The molecule has 7 rings (SSSR count). The molecule has 0 aliphatic rings. The molecule has 0 amide bonds. The Balaban J connectivity index is 1.14. The van der Waals surface area contributed by atoms with Crippen LogP contribution in [-0.2, 0) is 0 Å². The van der Waals surface area contributed by atoms with E-state index in [1.54, 1.807) is 0 Å². The van der Waals surface area contributed by atoms with Crippen LogP contribution < -0.4 is 0 Å². The number of hydrogen-bond acceptors (Lipinski definition) is 1. The number of nitriles is 1. The summed E-state index contributed by atoms with van der Waals surface area (Å²) in [4.78, 5) is 0. The molecule has 1 nitrogen and oxygen atoms in total. The fourth-order valence-corrected chi connectivity index (χ4v) is 5.75. The topological polar surface area (TPSA) is 23.8 Å². The van der Waals surface area contributed by atoms with Gasteiger partial charge in [-0.15, -0.1) is 0 Å². The second kappa shape index (κ2) is 12.1. The minimum absolute atomic E-state index is 0.651. The lowest BCUT2D eigenvalue weighted by atomic mass is 9.93. The van der Waals surface area contributed by atoms with Gasteiger partial charge in [0.05, 0.1) is 11.6 Å². The zero-order valence-corrected chi connectivity index (χ0v) is 24.2. The van der Waals surface area contributed by atoms with Gasteiger partial charge in [-0.05, 0) is 97.1 Å². The van der Waals surface area contributed by atoms with E-state index in [-0.39, 0.29) is 0 Å². The minimum atomic E-state index is 0.651. The summed E-state index contributed by atoms with van der Waals surface area (Å²) in [5.41, 5.74) is 14.4. The Kier molecular flexibility index (Phi) is 7.40. The zero-order valence-electron chi connectivity index (χ0n) is 24.2. The van der Waals surface area contributed by atoms with Crippen LogP contribution in [0, 0.1) is 11.3 Å². The van der Waals surface area contributed by atoms with Crippen LogP contribution in [0.4, 0.5) is 0 Å². The Bertz CT molecular complexity index is 2080. The molecule has 0 N–H and O–H groups in total. The van der Waals surface area contributed by atoms with Gasteiger partial charge in [0.15, 0.2) is 0 Å². The van der Waals surface area contributed by atoms with Crippen molar-refractivity contribution in [3.63, 3.8) is 0 Å². The molecule has 0 aliphatic carbocycles. The minimum Gasteiger partial charge on any atom is -0.192 e. The summed E-state index contributed by atoms with van der Waals surface area (Å²) in [6.07, 6.45) is 0. The van der Waals surface area contributed by atoms with Crippen LogP contribution in [0.15, 0.2) is 176 Å². The molecule has 0 heterocycles. The summed E-state index contributed by atoms with van der Waals surface area (Å²) < 4.78 is 0. The molecule has 7 aromatic carbocycles. The molecule has 7 aromatic rings.